The van der Waals surface area contributed by atoms with Gasteiger partial charge in [-0.2, -0.15) is 0 Å². The predicted octanol–water partition coefficient (Wildman–Crippen LogP) is 1.88. The molecule has 0 unspecified atom stereocenters. The maximum Gasteiger partial charge on any atom is 0.230 e. The molecule has 0 spiro atoms. The minimum absolute atomic E-state index is 0.00245. The monoisotopic (exact) mass is 308 g/mol. The second-order valence-corrected chi connectivity index (χ2v) is 6.45. The summed E-state index contributed by atoms with van der Waals surface area (Å²) in [5.41, 5.74) is 7.99. The average Bonchev–Trinajstić information content (AvgIpc) is 2.84. The first kappa shape index (κ1) is 14.8. The van der Waals surface area contributed by atoms with Crippen molar-refractivity contribution in [3.05, 3.63) is 35.4 Å². The summed E-state index contributed by atoms with van der Waals surface area (Å²) in [5, 5.41) is 10.9. The van der Waals surface area contributed by atoms with Gasteiger partial charge in [-0.3, -0.25) is 4.79 Å². The number of rotatable bonds is 6. The third-order valence-electron chi connectivity index (χ3n) is 2.73. The fraction of sp³-hybridized carbons (Fsp3) is 0.308. The Hall–Kier alpha value is -1.60. The molecule has 1 amide bonds. The van der Waals surface area contributed by atoms with Gasteiger partial charge in [-0.25, -0.2) is 0 Å². The van der Waals surface area contributed by atoms with Crippen LogP contribution in [-0.2, 0) is 11.2 Å². The maximum atomic E-state index is 11.7. The quantitative estimate of drug-likeness (QED) is 0.796. The Bertz CT molecular complexity index is 585. The normalized spacial score (nSPS) is 10.4. The van der Waals surface area contributed by atoms with E-state index in [1.807, 2.05) is 12.1 Å². The van der Waals surface area contributed by atoms with Gasteiger partial charge in [0.1, 0.15) is 0 Å². The molecule has 1 aromatic heterocycles. The van der Waals surface area contributed by atoms with Gasteiger partial charge in [0.2, 0.25) is 11.0 Å². The number of amides is 1. The SMILES string of the molecule is Cc1ccccc1CCNC(=O)CSc1nnc(N)s1. The Morgan fingerprint density at radius 1 is 1.40 bits per heavy atom. The molecule has 0 radical (unpaired) electrons. The summed E-state index contributed by atoms with van der Waals surface area (Å²) >= 11 is 2.64. The van der Waals surface area contributed by atoms with Gasteiger partial charge in [-0.15, -0.1) is 10.2 Å². The van der Waals surface area contributed by atoms with Crippen molar-refractivity contribution in [2.45, 2.75) is 17.7 Å². The first-order valence-electron chi connectivity index (χ1n) is 6.18. The molecule has 0 aliphatic rings. The first-order chi connectivity index (χ1) is 9.65. The number of aromatic nitrogens is 2. The van der Waals surface area contributed by atoms with Crippen molar-refractivity contribution in [2.75, 3.05) is 18.0 Å². The van der Waals surface area contributed by atoms with Crippen LogP contribution in [0.5, 0.6) is 0 Å². The summed E-state index contributed by atoms with van der Waals surface area (Å²) < 4.78 is 0.719. The largest absolute Gasteiger partial charge is 0.374 e. The highest BCUT2D eigenvalue weighted by Crippen LogP contribution is 2.22. The van der Waals surface area contributed by atoms with E-state index in [1.54, 1.807) is 0 Å². The molecule has 1 heterocycles. The molecule has 0 saturated heterocycles. The number of carbonyl (C=O) groups is 1. The zero-order valence-corrected chi connectivity index (χ0v) is 12.8. The third-order valence-corrected chi connectivity index (χ3v) is 4.61. The summed E-state index contributed by atoms with van der Waals surface area (Å²) in [6.07, 6.45) is 0.842. The molecule has 20 heavy (non-hydrogen) atoms. The Morgan fingerprint density at radius 3 is 2.90 bits per heavy atom. The third kappa shape index (κ3) is 4.50. The van der Waals surface area contributed by atoms with Crippen molar-refractivity contribution >= 4 is 34.1 Å². The smallest absolute Gasteiger partial charge is 0.230 e. The van der Waals surface area contributed by atoms with Crippen LogP contribution in [0, 0.1) is 6.92 Å². The van der Waals surface area contributed by atoms with Crippen LogP contribution in [0.3, 0.4) is 0 Å². The highest BCUT2D eigenvalue weighted by Gasteiger charge is 2.06. The molecule has 0 fully saturated rings. The van der Waals surface area contributed by atoms with Crippen LogP contribution in [0.1, 0.15) is 11.1 Å². The number of carbonyl (C=O) groups excluding carboxylic acids is 1. The van der Waals surface area contributed by atoms with Crippen LogP contribution in [0.2, 0.25) is 0 Å². The van der Waals surface area contributed by atoms with Crippen LogP contribution >= 0.6 is 23.1 Å². The molecule has 0 bridgehead atoms. The lowest BCUT2D eigenvalue weighted by molar-refractivity contribution is -0.118. The molecule has 0 aliphatic carbocycles. The Morgan fingerprint density at radius 2 is 2.20 bits per heavy atom. The lowest BCUT2D eigenvalue weighted by Crippen LogP contribution is -2.27. The minimum Gasteiger partial charge on any atom is -0.374 e. The zero-order chi connectivity index (χ0) is 14.4. The van der Waals surface area contributed by atoms with E-state index < -0.39 is 0 Å². The van der Waals surface area contributed by atoms with Gasteiger partial charge in [-0.05, 0) is 24.5 Å². The number of nitrogens with one attached hydrogen (secondary N) is 1. The number of hydrogen-bond acceptors (Lipinski definition) is 6. The summed E-state index contributed by atoms with van der Waals surface area (Å²) in [6, 6.07) is 8.19. The van der Waals surface area contributed by atoms with E-state index in [4.69, 9.17) is 5.73 Å². The van der Waals surface area contributed by atoms with Crippen molar-refractivity contribution in [1.82, 2.24) is 15.5 Å². The van der Waals surface area contributed by atoms with E-state index in [1.165, 1.54) is 34.2 Å². The second-order valence-electron chi connectivity index (χ2n) is 4.22. The van der Waals surface area contributed by atoms with Crippen molar-refractivity contribution in [2.24, 2.45) is 0 Å². The van der Waals surface area contributed by atoms with E-state index in [0.717, 1.165) is 10.8 Å². The number of anilines is 1. The first-order valence-corrected chi connectivity index (χ1v) is 7.98. The molecular weight excluding hydrogens is 292 g/mol. The van der Waals surface area contributed by atoms with E-state index >= 15 is 0 Å². The van der Waals surface area contributed by atoms with Gasteiger partial charge in [0.15, 0.2) is 4.34 Å². The molecule has 0 atom stereocenters. The number of nitrogens with zero attached hydrogens (tertiary/aromatic N) is 2. The highest BCUT2D eigenvalue weighted by molar-refractivity contribution is 8.01. The Kier molecular flexibility index (Phi) is 5.37. The lowest BCUT2D eigenvalue weighted by Gasteiger charge is -2.06. The molecule has 1 aromatic carbocycles. The maximum absolute atomic E-state index is 11.7. The van der Waals surface area contributed by atoms with Gasteiger partial charge in [0, 0.05) is 6.54 Å². The number of thioether (sulfide) groups is 1. The van der Waals surface area contributed by atoms with Gasteiger partial charge in [-0.1, -0.05) is 47.4 Å². The fourth-order valence-corrected chi connectivity index (χ4v) is 3.15. The molecule has 0 saturated carbocycles. The highest BCUT2D eigenvalue weighted by atomic mass is 32.2. The standard InChI is InChI=1S/C13H16N4OS2/c1-9-4-2-3-5-10(9)6-7-15-11(18)8-19-13-17-16-12(14)20-13/h2-5H,6-8H2,1H3,(H2,14,16)(H,15,18). The van der Waals surface area contributed by atoms with Crippen LogP contribution in [0.15, 0.2) is 28.6 Å². The molecule has 3 N–H and O–H groups in total. The lowest BCUT2D eigenvalue weighted by atomic mass is 10.1. The summed E-state index contributed by atoms with van der Waals surface area (Å²) in [6.45, 7) is 2.72. The molecule has 2 aromatic rings. The van der Waals surface area contributed by atoms with E-state index in [9.17, 15) is 4.79 Å². The second kappa shape index (κ2) is 7.25. The van der Waals surface area contributed by atoms with Gasteiger partial charge < -0.3 is 11.1 Å². The van der Waals surface area contributed by atoms with Crippen LogP contribution in [0.25, 0.3) is 0 Å². The number of benzene rings is 1. The Labute approximate surface area is 126 Å². The predicted molar refractivity (Wildman–Crippen MR) is 82.9 cm³/mol. The summed E-state index contributed by atoms with van der Waals surface area (Å²) in [7, 11) is 0. The van der Waals surface area contributed by atoms with Crippen molar-refractivity contribution in [1.29, 1.82) is 0 Å². The molecule has 2 rings (SSSR count). The topological polar surface area (TPSA) is 80.9 Å². The molecule has 7 heteroatoms. The fourth-order valence-electron chi connectivity index (χ4n) is 1.68. The van der Waals surface area contributed by atoms with E-state index in [2.05, 4.69) is 34.6 Å². The zero-order valence-electron chi connectivity index (χ0n) is 11.1. The van der Waals surface area contributed by atoms with E-state index in [-0.39, 0.29) is 5.91 Å². The van der Waals surface area contributed by atoms with Crippen LogP contribution < -0.4 is 11.1 Å². The van der Waals surface area contributed by atoms with E-state index in [0.29, 0.717) is 17.4 Å². The van der Waals surface area contributed by atoms with Crippen molar-refractivity contribution in [3.63, 3.8) is 0 Å². The summed E-state index contributed by atoms with van der Waals surface area (Å²) in [4.78, 5) is 11.7. The summed E-state index contributed by atoms with van der Waals surface area (Å²) in [5.74, 6) is 0.333. The Balaban J connectivity index is 1.69. The minimum atomic E-state index is -0.00245. The number of hydrogen-bond donors (Lipinski definition) is 2. The van der Waals surface area contributed by atoms with Gasteiger partial charge >= 0.3 is 0 Å². The van der Waals surface area contributed by atoms with Gasteiger partial charge in [0.05, 0.1) is 5.75 Å². The van der Waals surface area contributed by atoms with Crippen LogP contribution in [0.4, 0.5) is 5.13 Å². The average molecular weight is 308 g/mol. The molecule has 106 valence electrons. The van der Waals surface area contributed by atoms with Crippen molar-refractivity contribution in [3.8, 4) is 0 Å². The molecule has 0 aliphatic heterocycles. The number of nitrogen functional groups attached to an aromatic ring is 1. The van der Waals surface area contributed by atoms with Crippen molar-refractivity contribution < 1.29 is 4.79 Å². The molecule has 5 nitrogen and oxygen atoms in total. The number of nitrogens with two attached hydrogens (primary N) is 1. The van der Waals surface area contributed by atoms with Crippen LogP contribution in [-0.4, -0.2) is 28.4 Å². The number of aryl methyl sites for hydroxylation is 1. The molecular formula is C13H16N4OS2. The van der Waals surface area contributed by atoms with Gasteiger partial charge in [0.25, 0.3) is 0 Å².